The molecule has 1 heterocycles. The summed E-state index contributed by atoms with van der Waals surface area (Å²) in [6, 6.07) is 1.66. The fourth-order valence-electron chi connectivity index (χ4n) is 1.14. The molecule has 1 rings (SSSR count). The van der Waals surface area contributed by atoms with Crippen molar-refractivity contribution in [1.29, 1.82) is 0 Å². The van der Waals surface area contributed by atoms with Gasteiger partial charge in [0, 0.05) is 18.7 Å². The Kier molecular flexibility index (Phi) is 6.57. The number of aromatic nitrogens is 1. The smallest absolute Gasteiger partial charge is 0.305 e. The lowest BCUT2D eigenvalue weighted by Gasteiger charge is -2.07. The third-order valence-electron chi connectivity index (χ3n) is 1.87. The largest absolute Gasteiger partial charge is 0.492 e. The summed E-state index contributed by atoms with van der Waals surface area (Å²) < 4.78 is 11.2. The summed E-state index contributed by atoms with van der Waals surface area (Å²) in [5.74, 6) is 0.494. The van der Waals surface area contributed by atoms with Gasteiger partial charge >= 0.3 is 5.97 Å². The Bertz CT molecular complexity index is 387. The van der Waals surface area contributed by atoms with E-state index in [1.807, 2.05) is 0 Å². The maximum Gasteiger partial charge on any atom is 0.305 e. The van der Waals surface area contributed by atoms with Gasteiger partial charge in [-0.05, 0) is 35.9 Å². The number of pyridine rings is 1. The lowest BCUT2D eigenvalue weighted by atomic mass is 10.3. The van der Waals surface area contributed by atoms with Crippen molar-refractivity contribution in [2.24, 2.45) is 0 Å². The molecule has 0 atom stereocenters. The highest BCUT2D eigenvalue weighted by Crippen LogP contribution is 2.22. The molecule has 1 aromatic rings. The van der Waals surface area contributed by atoms with Crippen molar-refractivity contribution in [3.8, 4) is 5.75 Å². The van der Waals surface area contributed by atoms with Crippen molar-refractivity contribution in [1.82, 2.24) is 4.98 Å². The van der Waals surface area contributed by atoms with Crippen molar-refractivity contribution >= 4 is 40.2 Å². The van der Waals surface area contributed by atoms with E-state index in [1.165, 1.54) is 0 Å². The van der Waals surface area contributed by atoms with Crippen LogP contribution in [0.1, 0.15) is 19.8 Å². The fraction of sp³-hybridized carbons (Fsp3) is 0.455. The van der Waals surface area contributed by atoms with Gasteiger partial charge in [0.25, 0.3) is 0 Å². The third kappa shape index (κ3) is 5.54. The van der Waals surface area contributed by atoms with Gasteiger partial charge in [-0.25, -0.2) is 4.98 Å². The van der Waals surface area contributed by atoms with E-state index in [1.54, 1.807) is 19.2 Å². The quantitative estimate of drug-likeness (QED) is 0.335. The van der Waals surface area contributed by atoms with E-state index in [9.17, 15) is 4.79 Å². The van der Waals surface area contributed by atoms with E-state index >= 15 is 0 Å². The molecule has 1 aromatic heterocycles. The van der Waals surface area contributed by atoms with Crippen LogP contribution in [0.15, 0.2) is 12.3 Å². The molecule has 0 saturated heterocycles. The number of hydrogen-bond donors (Lipinski definition) is 0. The minimum atomic E-state index is -0.196. The zero-order valence-corrected chi connectivity index (χ0v) is 12.3. The molecular formula is C11H13ClINO3. The summed E-state index contributed by atoms with van der Waals surface area (Å²) in [6.45, 7) is 2.66. The van der Waals surface area contributed by atoms with E-state index in [-0.39, 0.29) is 5.97 Å². The number of ether oxygens (including phenoxy) is 2. The minimum Gasteiger partial charge on any atom is -0.492 e. The molecule has 0 spiro atoms. The molecule has 0 aliphatic heterocycles. The minimum absolute atomic E-state index is 0.196. The Labute approximate surface area is 119 Å². The molecule has 0 N–H and O–H groups in total. The number of halogens is 2. The van der Waals surface area contributed by atoms with Crippen LogP contribution < -0.4 is 4.74 Å². The summed E-state index contributed by atoms with van der Waals surface area (Å²) in [4.78, 5) is 15.0. The zero-order chi connectivity index (χ0) is 12.7. The van der Waals surface area contributed by atoms with Crippen molar-refractivity contribution in [3.63, 3.8) is 0 Å². The topological polar surface area (TPSA) is 48.4 Å². The van der Waals surface area contributed by atoms with Gasteiger partial charge in [0.05, 0.1) is 16.8 Å². The molecule has 0 aliphatic carbocycles. The van der Waals surface area contributed by atoms with Crippen LogP contribution in [0.2, 0.25) is 5.15 Å². The van der Waals surface area contributed by atoms with Crippen molar-refractivity contribution in [2.75, 3.05) is 13.2 Å². The van der Waals surface area contributed by atoms with Crippen molar-refractivity contribution in [3.05, 3.63) is 21.0 Å². The molecular weight excluding hydrogens is 356 g/mol. The van der Waals surface area contributed by atoms with Gasteiger partial charge in [-0.3, -0.25) is 4.79 Å². The Hall–Kier alpha value is -0.560. The van der Waals surface area contributed by atoms with Crippen molar-refractivity contribution in [2.45, 2.75) is 19.8 Å². The zero-order valence-electron chi connectivity index (χ0n) is 9.41. The molecule has 0 aliphatic rings. The van der Waals surface area contributed by atoms with Crippen molar-refractivity contribution < 1.29 is 14.3 Å². The SMILES string of the molecule is CCOC(=O)CCCOc1cc(Cl)ncc1I. The number of hydrogen-bond acceptors (Lipinski definition) is 4. The predicted octanol–water partition coefficient (Wildman–Crippen LogP) is 3.06. The second kappa shape index (κ2) is 7.71. The maximum absolute atomic E-state index is 11.1. The fourth-order valence-corrected chi connectivity index (χ4v) is 1.74. The highest BCUT2D eigenvalue weighted by Gasteiger charge is 2.05. The molecule has 0 unspecified atom stereocenters. The number of rotatable bonds is 6. The van der Waals surface area contributed by atoms with Crippen LogP contribution in [-0.2, 0) is 9.53 Å². The summed E-state index contributed by atoms with van der Waals surface area (Å²) in [5, 5.41) is 0.394. The van der Waals surface area contributed by atoms with Crippen LogP contribution >= 0.6 is 34.2 Å². The van der Waals surface area contributed by atoms with E-state index in [4.69, 9.17) is 21.1 Å². The highest BCUT2D eigenvalue weighted by atomic mass is 127. The van der Waals surface area contributed by atoms with Gasteiger partial charge in [0.2, 0.25) is 0 Å². The van der Waals surface area contributed by atoms with Crippen LogP contribution in [-0.4, -0.2) is 24.2 Å². The third-order valence-corrected chi connectivity index (χ3v) is 2.89. The number of carbonyl (C=O) groups excluding carboxylic acids is 1. The van der Waals surface area contributed by atoms with Crippen LogP contribution in [0.5, 0.6) is 5.75 Å². The summed E-state index contributed by atoms with van der Waals surface area (Å²) in [6.07, 6.45) is 2.63. The number of nitrogens with zero attached hydrogens (tertiary/aromatic N) is 1. The second-order valence-corrected chi connectivity index (χ2v) is 4.74. The highest BCUT2D eigenvalue weighted by molar-refractivity contribution is 14.1. The molecule has 0 aromatic carbocycles. The van der Waals surface area contributed by atoms with Crippen LogP contribution in [0, 0.1) is 3.57 Å². The molecule has 0 fully saturated rings. The summed E-state index contributed by atoms with van der Waals surface area (Å²) >= 11 is 7.87. The first-order valence-electron chi connectivity index (χ1n) is 5.23. The van der Waals surface area contributed by atoms with Crippen LogP contribution in [0.4, 0.5) is 0 Å². The normalized spacial score (nSPS) is 10.1. The lowest BCUT2D eigenvalue weighted by molar-refractivity contribution is -0.143. The molecule has 0 radical (unpaired) electrons. The standard InChI is InChI=1S/C11H13ClINO3/c1-2-16-11(15)4-3-5-17-9-6-10(12)14-7-8(9)13/h6-7H,2-5H2,1H3. The molecule has 17 heavy (non-hydrogen) atoms. The van der Waals surface area contributed by atoms with Gasteiger partial charge in [0.15, 0.2) is 0 Å². The molecule has 0 bridgehead atoms. The molecule has 0 saturated carbocycles. The Morgan fingerprint density at radius 2 is 2.35 bits per heavy atom. The van der Waals surface area contributed by atoms with Gasteiger partial charge in [-0.2, -0.15) is 0 Å². The van der Waals surface area contributed by atoms with Crippen LogP contribution in [0.25, 0.3) is 0 Å². The molecule has 0 amide bonds. The number of esters is 1. The van der Waals surface area contributed by atoms with E-state index < -0.39 is 0 Å². The first-order valence-corrected chi connectivity index (χ1v) is 6.68. The summed E-state index contributed by atoms with van der Waals surface area (Å²) in [5.41, 5.74) is 0. The summed E-state index contributed by atoms with van der Waals surface area (Å²) in [7, 11) is 0. The van der Waals surface area contributed by atoms with Gasteiger partial charge < -0.3 is 9.47 Å². The number of carbonyl (C=O) groups is 1. The van der Waals surface area contributed by atoms with E-state index in [0.717, 1.165) is 3.57 Å². The maximum atomic E-state index is 11.1. The second-order valence-electron chi connectivity index (χ2n) is 3.19. The van der Waals surface area contributed by atoms with Gasteiger partial charge in [0.1, 0.15) is 10.9 Å². The Morgan fingerprint density at radius 3 is 3.06 bits per heavy atom. The lowest BCUT2D eigenvalue weighted by Crippen LogP contribution is -2.07. The first-order chi connectivity index (χ1) is 8.13. The van der Waals surface area contributed by atoms with Gasteiger partial charge in [-0.15, -0.1) is 0 Å². The van der Waals surface area contributed by atoms with Crippen LogP contribution in [0.3, 0.4) is 0 Å². The molecule has 94 valence electrons. The Morgan fingerprint density at radius 1 is 1.59 bits per heavy atom. The van der Waals surface area contributed by atoms with Gasteiger partial charge in [-0.1, -0.05) is 11.6 Å². The molecule has 4 nitrogen and oxygen atoms in total. The Balaban J connectivity index is 2.31. The average molecular weight is 370 g/mol. The first kappa shape index (κ1) is 14.5. The van der Waals surface area contributed by atoms with E-state index in [0.29, 0.717) is 37.0 Å². The predicted molar refractivity (Wildman–Crippen MR) is 73.3 cm³/mol. The molecule has 6 heteroatoms. The monoisotopic (exact) mass is 369 g/mol. The average Bonchev–Trinajstić information content (AvgIpc) is 2.29. The van der Waals surface area contributed by atoms with E-state index in [2.05, 4.69) is 27.6 Å².